The molecule has 21 heavy (non-hydrogen) atoms. The zero-order chi connectivity index (χ0) is 15.8. The highest BCUT2D eigenvalue weighted by atomic mass is 79.9. The lowest BCUT2D eigenvalue weighted by molar-refractivity contribution is 0.0937. The normalized spacial score (nSPS) is 16.6. The molecule has 0 aromatic heterocycles. The fourth-order valence-corrected chi connectivity index (χ4v) is 3.72. The Kier molecular flexibility index (Phi) is 4.75. The van der Waals surface area contributed by atoms with Gasteiger partial charge in [0.15, 0.2) is 0 Å². The van der Waals surface area contributed by atoms with Gasteiger partial charge in [-0.05, 0) is 43.9 Å². The van der Waals surface area contributed by atoms with Gasteiger partial charge in [-0.15, -0.1) is 0 Å². The van der Waals surface area contributed by atoms with Crippen molar-refractivity contribution in [1.82, 2.24) is 5.32 Å². The highest BCUT2D eigenvalue weighted by molar-refractivity contribution is 9.10. The monoisotopic (exact) mass is 374 g/mol. The van der Waals surface area contributed by atoms with Crippen molar-refractivity contribution in [2.45, 2.75) is 44.0 Å². The fraction of sp³-hybridized carbons (Fsp3) is 0.500. The predicted octanol–water partition coefficient (Wildman–Crippen LogP) is 2.32. The largest absolute Gasteiger partial charge is 0.350 e. The molecule has 0 spiro atoms. The molecule has 0 heterocycles. The second-order valence-electron chi connectivity index (χ2n) is 5.68. The minimum absolute atomic E-state index is 0.0307. The van der Waals surface area contributed by atoms with E-state index in [0.717, 1.165) is 6.42 Å². The van der Waals surface area contributed by atoms with Gasteiger partial charge in [0, 0.05) is 16.1 Å². The molecule has 2 rings (SSSR count). The quantitative estimate of drug-likeness (QED) is 0.828. The van der Waals surface area contributed by atoms with Crippen LogP contribution in [0.2, 0.25) is 0 Å². The van der Waals surface area contributed by atoms with E-state index in [4.69, 9.17) is 5.14 Å². The number of hydrogen-bond donors (Lipinski definition) is 2. The molecule has 1 aromatic rings. The first-order valence-electron chi connectivity index (χ1n) is 6.82. The maximum atomic E-state index is 12.2. The summed E-state index contributed by atoms with van der Waals surface area (Å²) < 4.78 is 23.7. The first-order chi connectivity index (χ1) is 9.68. The molecule has 1 atom stereocenters. The van der Waals surface area contributed by atoms with E-state index in [9.17, 15) is 13.2 Å². The molecule has 0 saturated heterocycles. The van der Waals surface area contributed by atoms with Crippen LogP contribution in [0.1, 0.15) is 42.1 Å². The first-order valence-corrected chi connectivity index (χ1v) is 9.16. The van der Waals surface area contributed by atoms with E-state index in [1.54, 1.807) is 13.0 Å². The summed E-state index contributed by atoms with van der Waals surface area (Å²) in [5, 5.41) is 8.09. The van der Waals surface area contributed by atoms with Crippen LogP contribution in [-0.4, -0.2) is 20.4 Å². The lowest BCUT2D eigenvalue weighted by Crippen LogP contribution is -2.33. The zero-order valence-corrected chi connectivity index (χ0v) is 14.4. The van der Waals surface area contributed by atoms with Gasteiger partial charge < -0.3 is 5.32 Å². The standard InChI is InChI=1S/C14H19BrN2O3S/c1-8(5-10-3-4-10)17-14(18)11-6-12(15)9(2)13(7-11)21(16,19)20/h6-8,10H,3-5H2,1-2H3,(H,17,18)(H2,16,19,20). The lowest BCUT2D eigenvalue weighted by atomic mass is 10.1. The Morgan fingerprint density at radius 2 is 2.10 bits per heavy atom. The maximum Gasteiger partial charge on any atom is 0.251 e. The summed E-state index contributed by atoms with van der Waals surface area (Å²) in [5.41, 5.74) is 0.791. The molecular weight excluding hydrogens is 356 g/mol. The third kappa shape index (κ3) is 4.28. The topological polar surface area (TPSA) is 89.3 Å². The molecule has 116 valence electrons. The second kappa shape index (κ2) is 6.06. The van der Waals surface area contributed by atoms with Crippen LogP contribution in [0.3, 0.4) is 0 Å². The van der Waals surface area contributed by atoms with Crippen LogP contribution in [0.25, 0.3) is 0 Å². The van der Waals surface area contributed by atoms with Gasteiger partial charge in [-0.2, -0.15) is 0 Å². The molecule has 0 radical (unpaired) electrons. The second-order valence-corrected chi connectivity index (χ2v) is 8.06. The number of hydrogen-bond acceptors (Lipinski definition) is 3. The van der Waals surface area contributed by atoms with Gasteiger partial charge in [0.25, 0.3) is 5.91 Å². The number of nitrogens with one attached hydrogen (secondary N) is 1. The third-order valence-electron chi connectivity index (χ3n) is 3.63. The molecule has 7 heteroatoms. The maximum absolute atomic E-state index is 12.2. The van der Waals surface area contributed by atoms with Gasteiger partial charge in [-0.3, -0.25) is 4.79 Å². The Morgan fingerprint density at radius 1 is 1.48 bits per heavy atom. The molecule has 0 bridgehead atoms. The number of benzene rings is 1. The van der Waals surface area contributed by atoms with Crippen LogP contribution in [0.4, 0.5) is 0 Å². The van der Waals surface area contributed by atoms with Crippen LogP contribution in [0.15, 0.2) is 21.5 Å². The Hall–Kier alpha value is -0.920. The number of carbonyl (C=O) groups is 1. The van der Waals surface area contributed by atoms with E-state index < -0.39 is 10.0 Å². The van der Waals surface area contributed by atoms with Crippen molar-refractivity contribution in [3.63, 3.8) is 0 Å². The van der Waals surface area contributed by atoms with Crippen molar-refractivity contribution in [2.24, 2.45) is 11.1 Å². The number of primary sulfonamides is 1. The number of carbonyl (C=O) groups excluding carboxylic acids is 1. The fourth-order valence-electron chi connectivity index (χ4n) is 2.30. The predicted molar refractivity (Wildman–Crippen MR) is 84.5 cm³/mol. The Labute approximate surface area is 133 Å². The molecule has 3 N–H and O–H groups in total. The van der Waals surface area contributed by atoms with Gasteiger partial charge in [0.2, 0.25) is 10.0 Å². The summed E-state index contributed by atoms with van der Waals surface area (Å²) >= 11 is 3.27. The molecule has 1 unspecified atom stereocenters. The van der Waals surface area contributed by atoms with Gasteiger partial charge in [0.05, 0.1) is 4.90 Å². The summed E-state index contributed by atoms with van der Waals surface area (Å²) in [6.07, 6.45) is 3.42. The molecular formula is C14H19BrN2O3S. The average Bonchev–Trinajstić information content (AvgIpc) is 3.14. The molecule has 1 aliphatic carbocycles. The van der Waals surface area contributed by atoms with Gasteiger partial charge in [-0.25, -0.2) is 13.6 Å². The van der Waals surface area contributed by atoms with E-state index in [1.807, 2.05) is 6.92 Å². The molecule has 0 aliphatic heterocycles. The highest BCUT2D eigenvalue weighted by Gasteiger charge is 2.25. The smallest absolute Gasteiger partial charge is 0.251 e. The summed E-state index contributed by atoms with van der Waals surface area (Å²) in [6, 6.07) is 3.01. The summed E-state index contributed by atoms with van der Waals surface area (Å²) in [5.74, 6) is 0.429. The van der Waals surface area contributed by atoms with E-state index in [0.29, 0.717) is 21.5 Å². The highest BCUT2D eigenvalue weighted by Crippen LogP contribution is 2.33. The number of rotatable bonds is 5. The van der Waals surface area contributed by atoms with Crippen molar-refractivity contribution in [1.29, 1.82) is 0 Å². The molecule has 1 aromatic carbocycles. The van der Waals surface area contributed by atoms with Crippen LogP contribution in [0, 0.1) is 12.8 Å². The Balaban J connectivity index is 2.22. The lowest BCUT2D eigenvalue weighted by Gasteiger charge is -2.15. The van der Waals surface area contributed by atoms with Crippen molar-refractivity contribution in [3.8, 4) is 0 Å². The van der Waals surface area contributed by atoms with Crippen LogP contribution >= 0.6 is 15.9 Å². The van der Waals surface area contributed by atoms with E-state index in [2.05, 4.69) is 21.2 Å². The summed E-state index contributed by atoms with van der Waals surface area (Å²) in [4.78, 5) is 12.2. The SMILES string of the molecule is Cc1c(Br)cc(C(=O)NC(C)CC2CC2)cc1S(N)(=O)=O. The number of nitrogens with two attached hydrogens (primary N) is 1. The van der Waals surface area contributed by atoms with Crippen molar-refractivity contribution >= 4 is 31.9 Å². The minimum Gasteiger partial charge on any atom is -0.350 e. The summed E-state index contributed by atoms with van der Waals surface area (Å²) in [7, 11) is -3.86. The number of amides is 1. The average molecular weight is 375 g/mol. The van der Waals surface area contributed by atoms with Gasteiger partial charge in [-0.1, -0.05) is 28.8 Å². The molecule has 1 fully saturated rings. The Bertz CT molecular complexity index is 669. The van der Waals surface area contributed by atoms with Gasteiger partial charge in [0.1, 0.15) is 0 Å². The van der Waals surface area contributed by atoms with Crippen LogP contribution in [-0.2, 0) is 10.0 Å². The Morgan fingerprint density at radius 3 is 2.62 bits per heavy atom. The van der Waals surface area contributed by atoms with Crippen LogP contribution in [0.5, 0.6) is 0 Å². The molecule has 5 nitrogen and oxygen atoms in total. The number of halogens is 1. The molecule has 1 aliphatic rings. The van der Waals surface area contributed by atoms with Crippen molar-refractivity contribution in [2.75, 3.05) is 0 Å². The van der Waals surface area contributed by atoms with Crippen LogP contribution < -0.4 is 10.5 Å². The number of sulfonamides is 1. The van der Waals surface area contributed by atoms with Crippen molar-refractivity contribution < 1.29 is 13.2 Å². The molecule has 1 saturated carbocycles. The third-order valence-corrected chi connectivity index (χ3v) is 5.49. The van der Waals surface area contributed by atoms with E-state index in [-0.39, 0.29) is 16.8 Å². The van der Waals surface area contributed by atoms with E-state index >= 15 is 0 Å². The van der Waals surface area contributed by atoms with E-state index in [1.165, 1.54) is 18.9 Å². The first kappa shape index (κ1) is 16.5. The molecule has 1 amide bonds. The van der Waals surface area contributed by atoms with Gasteiger partial charge >= 0.3 is 0 Å². The van der Waals surface area contributed by atoms with Crippen molar-refractivity contribution in [3.05, 3.63) is 27.7 Å². The minimum atomic E-state index is -3.86. The zero-order valence-electron chi connectivity index (χ0n) is 12.0. The summed E-state index contributed by atoms with van der Waals surface area (Å²) in [6.45, 7) is 3.60.